The zero-order valence-corrected chi connectivity index (χ0v) is 22.5. The van der Waals surface area contributed by atoms with Crippen molar-refractivity contribution < 1.29 is 19.1 Å². The van der Waals surface area contributed by atoms with Crippen LogP contribution in [0.2, 0.25) is 0 Å². The Bertz CT molecular complexity index is 1480. The van der Waals surface area contributed by atoms with Crippen LogP contribution >= 0.6 is 0 Å². The number of nitrogens with one attached hydrogen (secondary N) is 1. The van der Waals surface area contributed by atoms with Crippen LogP contribution in [0.4, 0.5) is 5.69 Å². The van der Waals surface area contributed by atoms with E-state index < -0.39 is 6.04 Å². The number of methoxy groups -OCH3 is 2. The van der Waals surface area contributed by atoms with Crippen LogP contribution in [0, 0.1) is 6.92 Å². The molecule has 1 aromatic heterocycles. The molecule has 0 spiro atoms. The van der Waals surface area contributed by atoms with Crippen LogP contribution in [0.5, 0.6) is 11.5 Å². The number of benzene rings is 3. The lowest BCUT2D eigenvalue weighted by molar-refractivity contribution is -0.127. The first kappa shape index (κ1) is 26.2. The number of amides is 2. The van der Waals surface area contributed by atoms with Crippen LogP contribution in [-0.4, -0.2) is 47.1 Å². The van der Waals surface area contributed by atoms with Gasteiger partial charge in [-0.1, -0.05) is 48.4 Å². The van der Waals surface area contributed by atoms with Gasteiger partial charge < -0.3 is 14.8 Å². The molecule has 0 bridgehead atoms. The summed E-state index contributed by atoms with van der Waals surface area (Å²) in [6.07, 6.45) is 3.96. The van der Waals surface area contributed by atoms with Crippen molar-refractivity contribution in [3.05, 3.63) is 77.9 Å². The van der Waals surface area contributed by atoms with E-state index >= 15 is 0 Å². The van der Waals surface area contributed by atoms with Crippen LogP contribution in [0.25, 0.3) is 11.0 Å². The first-order chi connectivity index (χ1) is 19.0. The SMILES string of the molecule is COc1ccc(OC)c([C@@H](C(=O)NC2CCCC2)N(C(=O)Cn2nnc3ccccc32)c2ccccc2C)c1. The van der Waals surface area contributed by atoms with Crippen LogP contribution in [0.15, 0.2) is 66.7 Å². The van der Waals surface area contributed by atoms with Gasteiger partial charge in [0.1, 0.15) is 29.6 Å². The first-order valence-corrected chi connectivity index (χ1v) is 13.2. The molecule has 3 aromatic carbocycles. The molecule has 9 nitrogen and oxygen atoms in total. The Morgan fingerprint density at radius 3 is 2.51 bits per heavy atom. The third kappa shape index (κ3) is 5.43. The Hall–Kier alpha value is -4.40. The van der Waals surface area contributed by atoms with Crippen molar-refractivity contribution in [1.29, 1.82) is 0 Å². The minimum atomic E-state index is -1.01. The fourth-order valence-corrected chi connectivity index (χ4v) is 5.29. The molecule has 0 unspecified atom stereocenters. The Labute approximate surface area is 227 Å². The highest BCUT2D eigenvalue weighted by atomic mass is 16.5. The average Bonchev–Trinajstić information content (AvgIpc) is 3.62. The number of nitrogens with zero attached hydrogens (tertiary/aromatic N) is 4. The minimum Gasteiger partial charge on any atom is -0.497 e. The molecule has 0 radical (unpaired) electrons. The topological polar surface area (TPSA) is 98.6 Å². The number of hydrogen-bond acceptors (Lipinski definition) is 6. The van der Waals surface area contributed by atoms with Gasteiger partial charge in [0.2, 0.25) is 11.8 Å². The molecular formula is C30H33N5O4. The van der Waals surface area contributed by atoms with Gasteiger partial charge in [-0.05, 0) is 61.7 Å². The molecule has 39 heavy (non-hydrogen) atoms. The van der Waals surface area contributed by atoms with Crippen LogP contribution in [0.1, 0.15) is 42.9 Å². The quantitative estimate of drug-likeness (QED) is 0.342. The average molecular weight is 528 g/mol. The summed E-state index contributed by atoms with van der Waals surface area (Å²) in [6.45, 7) is 1.82. The molecule has 1 N–H and O–H groups in total. The second-order valence-corrected chi connectivity index (χ2v) is 9.79. The van der Waals surface area contributed by atoms with Crippen molar-refractivity contribution in [1.82, 2.24) is 20.3 Å². The van der Waals surface area contributed by atoms with E-state index in [0.29, 0.717) is 28.3 Å². The fourth-order valence-electron chi connectivity index (χ4n) is 5.29. The van der Waals surface area contributed by atoms with E-state index in [2.05, 4.69) is 15.6 Å². The van der Waals surface area contributed by atoms with E-state index in [1.54, 1.807) is 42.0 Å². The van der Waals surface area contributed by atoms with E-state index in [1.165, 1.54) is 0 Å². The van der Waals surface area contributed by atoms with E-state index in [9.17, 15) is 9.59 Å². The van der Waals surface area contributed by atoms with Crippen LogP contribution in [-0.2, 0) is 16.1 Å². The number of rotatable bonds is 9. The molecule has 5 rings (SSSR count). The summed E-state index contributed by atoms with van der Waals surface area (Å²) in [7, 11) is 3.12. The van der Waals surface area contributed by atoms with Gasteiger partial charge in [-0.2, -0.15) is 0 Å². The summed E-state index contributed by atoms with van der Waals surface area (Å²) in [5.74, 6) is 0.466. The van der Waals surface area contributed by atoms with Crippen molar-refractivity contribution in [2.75, 3.05) is 19.1 Å². The lowest BCUT2D eigenvalue weighted by atomic mass is 9.99. The van der Waals surface area contributed by atoms with E-state index in [0.717, 1.165) is 36.8 Å². The molecule has 1 fully saturated rings. The molecule has 1 heterocycles. The summed E-state index contributed by atoms with van der Waals surface area (Å²) < 4.78 is 12.8. The van der Waals surface area contributed by atoms with Gasteiger partial charge in [0.15, 0.2) is 0 Å². The van der Waals surface area contributed by atoms with Crippen molar-refractivity contribution in [2.45, 2.75) is 51.2 Å². The molecule has 1 aliphatic carbocycles. The largest absolute Gasteiger partial charge is 0.497 e. The first-order valence-electron chi connectivity index (χ1n) is 13.2. The third-order valence-electron chi connectivity index (χ3n) is 7.29. The lowest BCUT2D eigenvalue weighted by Gasteiger charge is -2.34. The predicted molar refractivity (Wildman–Crippen MR) is 149 cm³/mol. The van der Waals surface area contributed by atoms with Gasteiger partial charge in [0, 0.05) is 17.3 Å². The number of fused-ring (bicyclic) bond motifs is 1. The number of ether oxygens (including phenoxy) is 2. The Morgan fingerprint density at radius 2 is 1.77 bits per heavy atom. The highest BCUT2D eigenvalue weighted by molar-refractivity contribution is 6.02. The number of para-hydroxylation sites is 2. The van der Waals surface area contributed by atoms with Gasteiger partial charge in [-0.25, -0.2) is 4.68 Å². The van der Waals surface area contributed by atoms with E-state index in [1.807, 2.05) is 55.5 Å². The van der Waals surface area contributed by atoms with Gasteiger partial charge in [0.05, 0.1) is 19.7 Å². The number of hydrogen-bond donors (Lipinski definition) is 1. The Morgan fingerprint density at radius 1 is 1.03 bits per heavy atom. The molecule has 1 saturated carbocycles. The Kier molecular flexibility index (Phi) is 7.76. The van der Waals surface area contributed by atoms with Gasteiger partial charge in [-0.3, -0.25) is 14.5 Å². The minimum absolute atomic E-state index is 0.0599. The number of carbonyl (C=O) groups excluding carboxylic acids is 2. The maximum absolute atomic E-state index is 14.3. The van der Waals surface area contributed by atoms with Gasteiger partial charge in [0.25, 0.3) is 0 Å². The maximum Gasteiger partial charge on any atom is 0.249 e. The summed E-state index contributed by atoms with van der Waals surface area (Å²) >= 11 is 0. The molecule has 0 aliphatic heterocycles. The molecular weight excluding hydrogens is 494 g/mol. The summed E-state index contributed by atoms with van der Waals surface area (Å²) in [4.78, 5) is 30.0. The molecule has 4 aromatic rings. The van der Waals surface area contributed by atoms with Crippen molar-refractivity contribution in [2.24, 2.45) is 0 Å². The molecule has 9 heteroatoms. The maximum atomic E-state index is 14.3. The van der Waals surface area contributed by atoms with Crippen molar-refractivity contribution >= 4 is 28.5 Å². The van der Waals surface area contributed by atoms with Crippen LogP contribution in [0.3, 0.4) is 0 Å². The molecule has 2 amide bonds. The normalized spacial score (nSPS) is 14.2. The standard InChI is InChI=1S/C30H33N5O4/c1-20-10-4-8-14-25(20)35(28(36)19-34-26-15-9-7-13-24(26)32-33-34)29(30(37)31-21-11-5-6-12-21)23-18-22(38-2)16-17-27(23)39-3/h4,7-10,13-18,21,29H,5-6,11-12,19H2,1-3H3,(H,31,37)/t29-/m0/s1. The number of anilines is 1. The molecule has 202 valence electrons. The van der Waals surface area contributed by atoms with Crippen molar-refractivity contribution in [3.8, 4) is 11.5 Å². The summed E-state index contributed by atoms with van der Waals surface area (Å²) in [6, 6.07) is 19.4. The number of aryl methyl sites for hydroxylation is 1. The lowest BCUT2D eigenvalue weighted by Crippen LogP contribution is -2.47. The second kappa shape index (κ2) is 11.6. The molecule has 1 atom stereocenters. The van der Waals surface area contributed by atoms with Crippen molar-refractivity contribution in [3.63, 3.8) is 0 Å². The summed E-state index contributed by atoms with van der Waals surface area (Å²) in [5.41, 5.74) is 3.45. The molecule has 1 aliphatic rings. The zero-order chi connectivity index (χ0) is 27.4. The highest BCUT2D eigenvalue weighted by Crippen LogP contribution is 2.37. The summed E-state index contributed by atoms with van der Waals surface area (Å²) in [5, 5.41) is 11.6. The Balaban J connectivity index is 1.64. The third-order valence-corrected chi connectivity index (χ3v) is 7.29. The second-order valence-electron chi connectivity index (χ2n) is 9.79. The monoisotopic (exact) mass is 527 g/mol. The predicted octanol–water partition coefficient (Wildman–Crippen LogP) is 4.59. The van der Waals surface area contributed by atoms with E-state index in [-0.39, 0.29) is 24.4 Å². The van der Waals surface area contributed by atoms with Crippen LogP contribution < -0.4 is 19.7 Å². The van der Waals surface area contributed by atoms with Gasteiger partial charge >= 0.3 is 0 Å². The molecule has 0 saturated heterocycles. The highest BCUT2D eigenvalue weighted by Gasteiger charge is 2.37. The number of aromatic nitrogens is 3. The number of carbonyl (C=O) groups is 2. The van der Waals surface area contributed by atoms with E-state index in [4.69, 9.17) is 9.47 Å². The van der Waals surface area contributed by atoms with Gasteiger partial charge in [-0.15, -0.1) is 5.10 Å². The zero-order valence-electron chi connectivity index (χ0n) is 22.5. The smallest absolute Gasteiger partial charge is 0.249 e. The fraction of sp³-hybridized carbons (Fsp3) is 0.333.